The molecule has 0 aliphatic rings. The van der Waals surface area contributed by atoms with Gasteiger partial charge >= 0.3 is 0 Å². The molecule has 20 heavy (non-hydrogen) atoms. The lowest BCUT2D eigenvalue weighted by Crippen LogP contribution is -1.77. The Bertz CT molecular complexity index is 560. The standard InChI is InChI=1S/C13H10N4.3H2O/c1-5-14-6-2-10(1)12-9-13(17-16-12)11-3-7-15-8-4-11;;;/h1-9H,(H,16,17);3*1H2. The van der Waals surface area contributed by atoms with E-state index in [9.17, 15) is 0 Å². The Hall–Kier alpha value is -2.61. The number of pyridine rings is 2. The second kappa shape index (κ2) is 7.74. The molecular formula is C13H16N4O3. The van der Waals surface area contributed by atoms with Crippen molar-refractivity contribution in [1.82, 2.24) is 20.2 Å². The van der Waals surface area contributed by atoms with Gasteiger partial charge in [-0.1, -0.05) is 0 Å². The van der Waals surface area contributed by atoms with Crippen molar-refractivity contribution in [3.63, 3.8) is 0 Å². The fraction of sp³-hybridized carbons (Fsp3) is 0. The number of H-pyrrole nitrogens is 1. The zero-order valence-electron chi connectivity index (χ0n) is 10.5. The Morgan fingerprint density at radius 3 is 1.75 bits per heavy atom. The average molecular weight is 276 g/mol. The Morgan fingerprint density at radius 2 is 1.20 bits per heavy atom. The maximum atomic E-state index is 4.29. The summed E-state index contributed by atoms with van der Waals surface area (Å²) in [6.07, 6.45) is 7.05. The number of nitrogens with one attached hydrogen (secondary N) is 1. The second-order valence-corrected chi connectivity index (χ2v) is 3.64. The summed E-state index contributed by atoms with van der Waals surface area (Å²) in [5, 5.41) is 7.31. The van der Waals surface area contributed by atoms with Crippen molar-refractivity contribution in [2.45, 2.75) is 0 Å². The SMILES string of the molecule is O.O.O.c1cc(-c2cc(-c3ccncc3)[nH]n2)ccn1. The third kappa shape index (κ3) is 3.45. The first-order chi connectivity index (χ1) is 8.43. The van der Waals surface area contributed by atoms with E-state index in [4.69, 9.17) is 0 Å². The minimum Gasteiger partial charge on any atom is -0.412 e. The van der Waals surface area contributed by atoms with E-state index < -0.39 is 0 Å². The zero-order chi connectivity index (χ0) is 11.5. The molecule has 0 fully saturated rings. The van der Waals surface area contributed by atoms with Crippen molar-refractivity contribution in [3.8, 4) is 22.5 Å². The largest absolute Gasteiger partial charge is 0.412 e. The summed E-state index contributed by atoms with van der Waals surface area (Å²) in [6.45, 7) is 0. The van der Waals surface area contributed by atoms with Gasteiger partial charge in [-0.25, -0.2) is 0 Å². The summed E-state index contributed by atoms with van der Waals surface area (Å²) in [5.41, 5.74) is 4.03. The smallest absolute Gasteiger partial charge is 0.0928 e. The van der Waals surface area contributed by atoms with Crippen molar-refractivity contribution < 1.29 is 16.4 Å². The summed E-state index contributed by atoms with van der Waals surface area (Å²) < 4.78 is 0. The zero-order valence-corrected chi connectivity index (χ0v) is 10.5. The first-order valence-electron chi connectivity index (χ1n) is 5.30. The van der Waals surface area contributed by atoms with Gasteiger partial charge in [-0.2, -0.15) is 5.10 Å². The van der Waals surface area contributed by atoms with Crippen molar-refractivity contribution in [2.75, 3.05) is 0 Å². The summed E-state index contributed by atoms with van der Waals surface area (Å²) >= 11 is 0. The van der Waals surface area contributed by atoms with Gasteiger partial charge in [0, 0.05) is 35.9 Å². The normalized spacial score (nSPS) is 8.80. The van der Waals surface area contributed by atoms with Crippen LogP contribution in [0.1, 0.15) is 0 Å². The van der Waals surface area contributed by atoms with Gasteiger partial charge in [0.05, 0.1) is 11.4 Å². The van der Waals surface area contributed by atoms with Crippen LogP contribution in [0.25, 0.3) is 22.5 Å². The summed E-state index contributed by atoms with van der Waals surface area (Å²) in [5.74, 6) is 0. The Morgan fingerprint density at radius 1 is 0.700 bits per heavy atom. The maximum absolute atomic E-state index is 4.29. The van der Waals surface area contributed by atoms with Crippen LogP contribution in [0.15, 0.2) is 55.1 Å². The minimum atomic E-state index is 0. The lowest BCUT2D eigenvalue weighted by atomic mass is 10.1. The molecule has 0 spiro atoms. The van der Waals surface area contributed by atoms with Crippen LogP contribution in [0.2, 0.25) is 0 Å². The van der Waals surface area contributed by atoms with Gasteiger partial charge in [-0.15, -0.1) is 0 Å². The quantitative estimate of drug-likeness (QED) is 0.704. The van der Waals surface area contributed by atoms with Crippen molar-refractivity contribution in [1.29, 1.82) is 0 Å². The van der Waals surface area contributed by atoms with Crippen LogP contribution in [0.5, 0.6) is 0 Å². The fourth-order valence-corrected chi connectivity index (χ4v) is 1.67. The summed E-state index contributed by atoms with van der Waals surface area (Å²) in [4.78, 5) is 7.98. The Labute approximate surface area is 115 Å². The van der Waals surface area contributed by atoms with Gasteiger partial charge in [0.15, 0.2) is 0 Å². The van der Waals surface area contributed by atoms with Gasteiger partial charge in [-0.05, 0) is 30.3 Å². The molecule has 0 bridgehead atoms. The molecule has 3 aromatic heterocycles. The van der Waals surface area contributed by atoms with Crippen LogP contribution in [-0.4, -0.2) is 36.6 Å². The fourth-order valence-electron chi connectivity index (χ4n) is 1.67. The highest BCUT2D eigenvalue weighted by Crippen LogP contribution is 2.22. The van der Waals surface area contributed by atoms with Crippen LogP contribution >= 0.6 is 0 Å². The molecule has 0 amide bonds. The molecule has 0 saturated heterocycles. The molecule has 3 rings (SSSR count). The number of hydrogen-bond donors (Lipinski definition) is 1. The molecule has 3 aromatic rings. The number of nitrogens with zero attached hydrogens (tertiary/aromatic N) is 3. The first-order valence-corrected chi connectivity index (χ1v) is 5.30. The van der Waals surface area contributed by atoms with Gasteiger partial charge < -0.3 is 16.4 Å². The number of hydrogen-bond acceptors (Lipinski definition) is 3. The topological polar surface area (TPSA) is 149 Å². The van der Waals surface area contributed by atoms with E-state index in [1.54, 1.807) is 24.8 Å². The predicted molar refractivity (Wildman–Crippen MR) is 75.9 cm³/mol. The molecule has 0 atom stereocenters. The van der Waals surface area contributed by atoms with Crippen LogP contribution in [0.4, 0.5) is 0 Å². The molecule has 7 nitrogen and oxygen atoms in total. The highest BCUT2D eigenvalue weighted by atomic mass is 16.0. The molecule has 0 saturated carbocycles. The van der Waals surface area contributed by atoms with E-state index >= 15 is 0 Å². The van der Waals surface area contributed by atoms with Crippen LogP contribution < -0.4 is 0 Å². The molecule has 0 aromatic carbocycles. The van der Waals surface area contributed by atoms with Gasteiger partial charge in [0.1, 0.15) is 0 Å². The molecule has 7 N–H and O–H groups in total. The van der Waals surface area contributed by atoms with Gasteiger partial charge in [-0.3, -0.25) is 15.1 Å². The van der Waals surface area contributed by atoms with Crippen molar-refractivity contribution in [2.24, 2.45) is 0 Å². The van der Waals surface area contributed by atoms with E-state index in [2.05, 4.69) is 20.2 Å². The third-order valence-electron chi connectivity index (χ3n) is 2.55. The Kier molecular flexibility index (Phi) is 6.73. The molecule has 0 radical (unpaired) electrons. The van der Waals surface area contributed by atoms with Crippen molar-refractivity contribution >= 4 is 0 Å². The monoisotopic (exact) mass is 276 g/mol. The molecule has 0 aliphatic carbocycles. The van der Waals surface area contributed by atoms with Crippen LogP contribution in [0, 0.1) is 0 Å². The molecule has 0 unspecified atom stereocenters. The number of aromatic amines is 1. The lowest BCUT2D eigenvalue weighted by Gasteiger charge is -1.94. The molecule has 3 heterocycles. The van der Waals surface area contributed by atoms with Crippen molar-refractivity contribution in [3.05, 3.63) is 55.1 Å². The number of aromatic nitrogens is 4. The first kappa shape index (κ1) is 17.4. The Balaban J connectivity index is 0.00000120. The molecule has 106 valence electrons. The summed E-state index contributed by atoms with van der Waals surface area (Å²) in [6, 6.07) is 9.79. The maximum Gasteiger partial charge on any atom is 0.0928 e. The van der Waals surface area contributed by atoms with E-state index in [0.29, 0.717) is 0 Å². The second-order valence-electron chi connectivity index (χ2n) is 3.64. The van der Waals surface area contributed by atoms with E-state index in [-0.39, 0.29) is 16.4 Å². The van der Waals surface area contributed by atoms with Crippen LogP contribution in [-0.2, 0) is 0 Å². The van der Waals surface area contributed by atoms with E-state index in [1.165, 1.54) is 0 Å². The van der Waals surface area contributed by atoms with E-state index in [0.717, 1.165) is 22.5 Å². The van der Waals surface area contributed by atoms with E-state index in [1.807, 2.05) is 30.3 Å². The molecule has 0 aliphatic heterocycles. The minimum absolute atomic E-state index is 0. The predicted octanol–water partition coefficient (Wildman–Crippen LogP) is 0.0596. The molecular weight excluding hydrogens is 260 g/mol. The van der Waals surface area contributed by atoms with Gasteiger partial charge in [0.25, 0.3) is 0 Å². The third-order valence-corrected chi connectivity index (χ3v) is 2.55. The highest BCUT2D eigenvalue weighted by molar-refractivity contribution is 5.67. The highest BCUT2D eigenvalue weighted by Gasteiger charge is 2.04. The lowest BCUT2D eigenvalue weighted by molar-refractivity contribution is 0.823. The van der Waals surface area contributed by atoms with Gasteiger partial charge in [0.2, 0.25) is 0 Å². The number of rotatable bonds is 2. The molecule has 7 heteroatoms. The van der Waals surface area contributed by atoms with Crippen LogP contribution in [0.3, 0.4) is 0 Å². The average Bonchev–Trinajstić information content (AvgIpc) is 2.90. The summed E-state index contributed by atoms with van der Waals surface area (Å²) in [7, 11) is 0.